The zero-order valence-electron chi connectivity index (χ0n) is 14.5. The summed E-state index contributed by atoms with van der Waals surface area (Å²) >= 11 is 0. The molecule has 4 atom stereocenters. The van der Waals surface area contributed by atoms with Crippen LogP contribution in [-0.2, 0) is 24.7 Å². The van der Waals surface area contributed by atoms with E-state index in [-0.39, 0.29) is 30.3 Å². The van der Waals surface area contributed by atoms with Crippen LogP contribution in [-0.4, -0.2) is 48.9 Å². The van der Waals surface area contributed by atoms with Crippen LogP contribution in [0.3, 0.4) is 0 Å². The molecule has 3 heterocycles. The lowest BCUT2D eigenvalue weighted by Crippen LogP contribution is -2.98. The first kappa shape index (κ1) is 16.2. The van der Waals surface area contributed by atoms with Crippen LogP contribution in [0.1, 0.15) is 18.1 Å². The van der Waals surface area contributed by atoms with E-state index in [0.29, 0.717) is 6.61 Å². The predicted molar refractivity (Wildman–Crippen MR) is 88.5 cm³/mol. The van der Waals surface area contributed by atoms with E-state index >= 15 is 0 Å². The number of nitrogens with one attached hydrogen (secondary N) is 1. The van der Waals surface area contributed by atoms with Crippen molar-refractivity contribution in [3.8, 4) is 0 Å². The Bertz CT molecular complexity index is 793. The van der Waals surface area contributed by atoms with Gasteiger partial charge in [-0.1, -0.05) is 18.2 Å². The van der Waals surface area contributed by atoms with Gasteiger partial charge in [0.25, 0.3) is 5.91 Å². The number of quaternary nitrogens is 1. The Morgan fingerprint density at radius 2 is 2.04 bits per heavy atom. The third kappa shape index (κ3) is 1.90. The van der Waals surface area contributed by atoms with Gasteiger partial charge in [0.2, 0.25) is 17.4 Å². The van der Waals surface area contributed by atoms with Gasteiger partial charge in [0.15, 0.2) is 0 Å². The Balaban J connectivity index is 1.84. The Morgan fingerprint density at radius 1 is 1.28 bits per heavy atom. The van der Waals surface area contributed by atoms with Crippen molar-refractivity contribution >= 4 is 23.4 Å². The van der Waals surface area contributed by atoms with Crippen molar-refractivity contribution in [2.75, 3.05) is 25.6 Å². The number of likely N-dealkylation sites (tertiary alicyclic amines) is 1. The summed E-state index contributed by atoms with van der Waals surface area (Å²) in [7, 11) is 1.53. The van der Waals surface area contributed by atoms with E-state index in [9.17, 15) is 14.4 Å². The van der Waals surface area contributed by atoms with Crippen molar-refractivity contribution in [3.63, 3.8) is 0 Å². The maximum Gasteiger partial charge on any atom is 0.291 e. The van der Waals surface area contributed by atoms with E-state index in [2.05, 4.69) is 5.32 Å². The maximum atomic E-state index is 13.1. The summed E-state index contributed by atoms with van der Waals surface area (Å²) in [6, 6.07) is 5.57. The summed E-state index contributed by atoms with van der Waals surface area (Å²) in [5, 5.41) is 4.86. The van der Waals surface area contributed by atoms with E-state index in [1.807, 2.05) is 37.4 Å². The van der Waals surface area contributed by atoms with Crippen molar-refractivity contribution in [2.24, 2.45) is 11.8 Å². The fraction of sp³-hybridized carbons (Fsp3) is 0.500. The van der Waals surface area contributed by atoms with Gasteiger partial charge in [0.1, 0.15) is 11.8 Å². The Morgan fingerprint density at radius 3 is 2.76 bits per heavy atom. The molecule has 0 saturated carbocycles. The molecule has 0 bridgehead atoms. The lowest BCUT2D eigenvalue weighted by atomic mass is 9.76. The molecule has 4 rings (SSSR count). The van der Waals surface area contributed by atoms with Crippen LogP contribution in [0.2, 0.25) is 0 Å². The number of carbonyl (C=O) groups excluding carboxylic acids is 3. The molecule has 3 N–H and O–H groups in total. The molecule has 3 aliphatic heterocycles. The number of aryl methyl sites for hydroxylation is 1. The average Bonchev–Trinajstić information content (AvgIpc) is 3.13. The van der Waals surface area contributed by atoms with Gasteiger partial charge in [0, 0.05) is 12.7 Å². The van der Waals surface area contributed by atoms with Crippen LogP contribution in [0.25, 0.3) is 0 Å². The zero-order chi connectivity index (χ0) is 17.9. The number of benzene rings is 1. The number of ether oxygens (including phenoxy) is 1. The zero-order valence-corrected chi connectivity index (χ0v) is 14.5. The molecular weight excluding hydrogens is 322 g/mol. The molecule has 1 aromatic rings. The highest BCUT2D eigenvalue weighted by molar-refractivity contribution is 6.14. The number of nitrogens with zero attached hydrogens (tertiary/aromatic N) is 1. The largest absolute Gasteiger partial charge is 0.383 e. The monoisotopic (exact) mass is 344 g/mol. The number of rotatable bonds is 3. The fourth-order valence-electron chi connectivity index (χ4n) is 4.78. The first-order valence-corrected chi connectivity index (χ1v) is 8.55. The topological polar surface area (TPSA) is 92.3 Å². The number of nitrogens with two attached hydrogens (primary N) is 1. The van der Waals surface area contributed by atoms with E-state index < -0.39 is 17.4 Å². The molecule has 0 aromatic heterocycles. The van der Waals surface area contributed by atoms with Gasteiger partial charge >= 0.3 is 0 Å². The van der Waals surface area contributed by atoms with Crippen LogP contribution in [0, 0.1) is 18.8 Å². The summed E-state index contributed by atoms with van der Waals surface area (Å²) < 4.78 is 5.03. The van der Waals surface area contributed by atoms with Crippen LogP contribution in [0.15, 0.2) is 18.2 Å². The van der Waals surface area contributed by atoms with E-state index in [1.165, 1.54) is 12.0 Å². The van der Waals surface area contributed by atoms with E-state index in [1.54, 1.807) is 0 Å². The van der Waals surface area contributed by atoms with Gasteiger partial charge in [-0.15, -0.1) is 0 Å². The summed E-state index contributed by atoms with van der Waals surface area (Å²) in [4.78, 5) is 40.2. The van der Waals surface area contributed by atoms with Crippen molar-refractivity contribution in [1.29, 1.82) is 0 Å². The summed E-state index contributed by atoms with van der Waals surface area (Å²) in [6.07, 6.45) is 0. The number of imide groups is 1. The second-order valence-electron chi connectivity index (χ2n) is 7.17. The number of para-hydroxylation sites is 1. The highest BCUT2D eigenvalue weighted by atomic mass is 16.5. The Labute approximate surface area is 145 Å². The fourth-order valence-corrected chi connectivity index (χ4v) is 4.78. The smallest absolute Gasteiger partial charge is 0.291 e. The minimum absolute atomic E-state index is 0.147. The Hall–Kier alpha value is -2.25. The molecule has 7 heteroatoms. The number of methoxy groups -OCH3 is 1. The highest BCUT2D eigenvalue weighted by Gasteiger charge is 2.73. The second kappa shape index (κ2) is 5.37. The molecule has 0 aliphatic carbocycles. The van der Waals surface area contributed by atoms with Crippen LogP contribution < -0.4 is 10.6 Å². The van der Waals surface area contributed by atoms with Gasteiger partial charge < -0.3 is 15.4 Å². The van der Waals surface area contributed by atoms with Crippen molar-refractivity contribution in [2.45, 2.75) is 25.4 Å². The standard InChI is InChI=1S/C18H21N3O4/c1-9-5-4-6-11-14(9)19-17(24)18(11)13-12(10(2)20-18)15(22)21(16(13)23)7-8-25-3/h4-6,10,12-13,20H,7-8H2,1-3H3,(H,19,24)/p+1/t10-,12+,13-,18+/m0/s1. The van der Waals surface area contributed by atoms with Crippen molar-refractivity contribution in [3.05, 3.63) is 29.3 Å². The quantitative estimate of drug-likeness (QED) is 0.713. The van der Waals surface area contributed by atoms with E-state index in [4.69, 9.17) is 4.74 Å². The summed E-state index contributed by atoms with van der Waals surface area (Å²) in [6.45, 7) is 4.37. The molecule has 0 unspecified atom stereocenters. The first-order chi connectivity index (χ1) is 11.9. The first-order valence-electron chi connectivity index (χ1n) is 8.55. The van der Waals surface area contributed by atoms with Crippen LogP contribution in [0.5, 0.6) is 0 Å². The summed E-state index contributed by atoms with van der Waals surface area (Å²) in [5.41, 5.74) is 1.49. The average molecular weight is 344 g/mol. The lowest BCUT2D eigenvalue weighted by molar-refractivity contribution is -0.730. The van der Waals surface area contributed by atoms with Gasteiger partial charge in [-0.2, -0.15) is 0 Å². The molecule has 25 heavy (non-hydrogen) atoms. The molecule has 1 aromatic carbocycles. The van der Waals surface area contributed by atoms with Gasteiger partial charge in [-0.25, -0.2) is 0 Å². The molecule has 2 fully saturated rings. The molecule has 2 saturated heterocycles. The van der Waals surface area contributed by atoms with Gasteiger partial charge in [-0.3, -0.25) is 19.3 Å². The number of hydrogen-bond donors (Lipinski definition) is 2. The summed E-state index contributed by atoms with van der Waals surface area (Å²) in [5.74, 6) is -1.82. The number of anilines is 1. The molecule has 3 aliphatic rings. The third-order valence-corrected chi connectivity index (χ3v) is 5.88. The van der Waals surface area contributed by atoms with Crippen molar-refractivity contribution in [1.82, 2.24) is 4.90 Å². The highest BCUT2D eigenvalue weighted by Crippen LogP contribution is 2.49. The normalized spacial score (nSPS) is 33.2. The number of amides is 3. The maximum absolute atomic E-state index is 13.1. The van der Waals surface area contributed by atoms with Gasteiger partial charge in [0.05, 0.1) is 24.9 Å². The Kier molecular flexibility index (Phi) is 3.49. The van der Waals surface area contributed by atoms with Crippen molar-refractivity contribution < 1.29 is 24.4 Å². The number of fused-ring (bicyclic) bond motifs is 4. The predicted octanol–water partition coefficient (Wildman–Crippen LogP) is -0.644. The van der Waals surface area contributed by atoms with Crippen LogP contribution >= 0.6 is 0 Å². The molecule has 1 spiro atoms. The third-order valence-electron chi connectivity index (χ3n) is 5.88. The molecule has 132 valence electrons. The minimum atomic E-state index is -1.06. The molecule has 3 amide bonds. The van der Waals surface area contributed by atoms with Crippen LogP contribution in [0.4, 0.5) is 5.69 Å². The molecule has 0 radical (unpaired) electrons. The SMILES string of the molecule is COCCN1C(=O)[C@@H]2[C@H](C)[NH2+][C@@]3(C(=O)Nc4c(C)cccc43)[C@@H]2C1=O. The number of carbonyl (C=O) groups is 3. The van der Waals surface area contributed by atoms with E-state index in [0.717, 1.165) is 16.8 Å². The second-order valence-corrected chi connectivity index (χ2v) is 7.17. The van der Waals surface area contributed by atoms with Gasteiger partial charge in [-0.05, 0) is 19.4 Å². The lowest BCUT2D eigenvalue weighted by Gasteiger charge is -2.25. The number of hydrogen-bond acceptors (Lipinski definition) is 4. The minimum Gasteiger partial charge on any atom is -0.383 e. The molecule has 7 nitrogen and oxygen atoms in total. The molecular formula is C18H22N3O4+.